The van der Waals surface area contributed by atoms with Crippen molar-refractivity contribution in [2.75, 3.05) is 76.7 Å². The van der Waals surface area contributed by atoms with Crippen LogP contribution in [0.25, 0.3) is 0 Å². The number of aromatic nitrogens is 5. The number of fused-ring (bicyclic) bond motifs is 4. The zero-order chi connectivity index (χ0) is 87.4. The zero-order valence-electron chi connectivity index (χ0n) is 74.2. The fourth-order valence-corrected chi connectivity index (χ4v) is 24.0. The summed E-state index contributed by atoms with van der Waals surface area (Å²) in [7, 11) is 4.24. The topological polar surface area (TPSA) is 309 Å². The normalized spacial score (nSPS) is 23.1. The third kappa shape index (κ3) is 35.5. The molecule has 0 saturated carbocycles. The molecule has 5 aromatic heterocycles. The number of rotatable bonds is 55. The number of nitrogens with one attached hydrogen (secondary N) is 10. The second-order valence-electron chi connectivity index (χ2n) is 35.5. The van der Waals surface area contributed by atoms with Crippen molar-refractivity contribution in [3.63, 3.8) is 0 Å². The van der Waals surface area contributed by atoms with Gasteiger partial charge in [-0.05, 0) is 170 Å². The lowest BCUT2D eigenvalue weighted by Crippen LogP contribution is -2.47. The smallest absolute Gasteiger partial charge is 0.315 e. The molecule has 13 heterocycles. The lowest BCUT2D eigenvalue weighted by Gasteiger charge is -2.28. The van der Waals surface area contributed by atoms with Gasteiger partial charge in [0.1, 0.15) is 6.04 Å². The van der Waals surface area contributed by atoms with Gasteiger partial charge in [0.05, 0.1) is 87.5 Å². The van der Waals surface area contributed by atoms with E-state index in [-0.39, 0.29) is 89.6 Å². The van der Waals surface area contributed by atoms with Crippen LogP contribution in [0.5, 0.6) is 0 Å². The van der Waals surface area contributed by atoms with Crippen molar-refractivity contribution in [2.45, 2.75) is 320 Å². The largest absolute Gasteiger partial charge is 0.466 e. The monoisotopic (exact) mass is 1790 g/mol. The molecule has 8 fully saturated rings. The summed E-state index contributed by atoms with van der Waals surface area (Å²) in [6, 6.07) is 22.2. The Bertz CT molecular complexity index is 3890. The van der Waals surface area contributed by atoms with Gasteiger partial charge in [-0.1, -0.05) is 83.6 Å². The summed E-state index contributed by atoms with van der Waals surface area (Å²) in [6.45, 7) is 13.8. The van der Waals surface area contributed by atoms with E-state index in [2.05, 4.69) is 148 Å². The second kappa shape index (κ2) is 54.4. The molecule has 8 aliphatic rings. The molecule has 0 aliphatic carbocycles. The Morgan fingerprint density at radius 1 is 0.435 bits per heavy atom. The second-order valence-corrected chi connectivity index (χ2v) is 40.5. The van der Waals surface area contributed by atoms with Gasteiger partial charge < -0.3 is 90.2 Å². The Morgan fingerprint density at radius 3 is 1.36 bits per heavy atom. The van der Waals surface area contributed by atoms with E-state index in [0.29, 0.717) is 96.3 Å². The summed E-state index contributed by atoms with van der Waals surface area (Å²) in [5, 5.41) is 33.0. The number of thioether (sulfide) groups is 4. The number of hydrogen-bond acceptors (Lipinski definition) is 17. The number of carbonyl (C=O) groups excluding carboxylic acids is 8. The maximum atomic E-state index is 12.9. The van der Waals surface area contributed by atoms with Crippen molar-refractivity contribution in [1.29, 1.82) is 0 Å². The Labute approximate surface area is 754 Å². The van der Waals surface area contributed by atoms with Gasteiger partial charge in [-0.2, -0.15) is 47.0 Å². The first-order valence-electron chi connectivity index (χ1n) is 46.6. The Hall–Kier alpha value is -7.74. The molecule has 0 aromatic carbocycles. The first-order chi connectivity index (χ1) is 60.3. The molecular formula is C93H147N16O11S4+. The number of nitrogens with zero attached hydrogens (tertiary/aromatic N) is 6. The molecule has 31 heteroatoms. The number of esters is 3. The van der Waals surface area contributed by atoms with Crippen molar-refractivity contribution in [3.8, 4) is 0 Å². The van der Waals surface area contributed by atoms with Crippen LogP contribution in [0.2, 0.25) is 0 Å². The van der Waals surface area contributed by atoms with Crippen LogP contribution >= 0.6 is 47.0 Å². The fraction of sp³-hybridized carbons (Fsp3) is 0.677. The van der Waals surface area contributed by atoms with Crippen molar-refractivity contribution < 1.29 is 57.0 Å². The minimum atomic E-state index is -0.193. The zero-order valence-corrected chi connectivity index (χ0v) is 77.5. The van der Waals surface area contributed by atoms with Crippen LogP contribution in [-0.4, -0.2) is 221 Å². The highest BCUT2D eigenvalue weighted by Crippen LogP contribution is 2.41. The number of carbonyl (C=O) groups is 8. The predicted molar refractivity (Wildman–Crippen MR) is 500 cm³/mol. The first-order valence-corrected chi connectivity index (χ1v) is 50.8. The van der Waals surface area contributed by atoms with Gasteiger partial charge in [-0.25, -0.2) is 14.4 Å². The average Bonchev–Trinajstić information content (AvgIpc) is 1.62. The van der Waals surface area contributed by atoms with Crippen LogP contribution in [0.1, 0.15) is 225 Å². The van der Waals surface area contributed by atoms with E-state index in [9.17, 15) is 38.4 Å². The van der Waals surface area contributed by atoms with E-state index < -0.39 is 0 Å². The van der Waals surface area contributed by atoms with E-state index in [0.717, 1.165) is 196 Å². The molecule has 8 saturated heterocycles. The molecule has 0 radical (unpaired) electrons. The molecule has 0 spiro atoms. The van der Waals surface area contributed by atoms with E-state index in [4.69, 9.17) is 14.2 Å². The minimum Gasteiger partial charge on any atom is -0.466 e. The SMILES string of the molecule is C=C1N[C@H]2[C@H](CS[C@H]2CCCCC(=O)OC[N+](C)(C)CCCn2cccc2)N1.C[C@]12CS[C@@H](CCCCC(=O)NCCCCNC(=O)[C@H](CCCCn3cccc3)n3cccc3)[C@H]1NC(=O)N2.O=C1NC2CSC(CCCCC(=O)OCCCCCCCCCCCCn3cccc3)C2N1.O=C1NC2CSC(CCCCC(=O)OCCCn3cccc3)C2N1. The Balaban J connectivity index is 0.000000175. The third-order valence-corrected chi connectivity index (χ3v) is 30.9. The molecule has 8 aliphatic heterocycles. The van der Waals surface area contributed by atoms with E-state index in [1.54, 1.807) is 0 Å². The maximum Gasteiger partial charge on any atom is 0.315 e. The molecule has 27 nitrogen and oxygen atoms in total. The van der Waals surface area contributed by atoms with E-state index in [1.165, 1.54) is 51.4 Å². The summed E-state index contributed by atoms with van der Waals surface area (Å²) < 4.78 is 27.6. The van der Waals surface area contributed by atoms with Crippen LogP contribution in [0.3, 0.4) is 0 Å². The summed E-state index contributed by atoms with van der Waals surface area (Å²) in [5.74, 6) is 4.93. The first kappa shape index (κ1) is 98.4. The molecule has 5 aromatic rings. The number of unbranched alkanes of at least 4 members (excludes halogenated alkanes) is 15. The predicted octanol–water partition coefficient (Wildman–Crippen LogP) is 14.2. The molecule has 6 unspecified atom stereocenters. The number of quaternary nitrogens is 1. The molecule has 13 atom stereocenters. The highest BCUT2D eigenvalue weighted by Gasteiger charge is 2.52. The van der Waals surface area contributed by atoms with Crippen LogP contribution in [-0.2, 0) is 64.4 Å². The number of aryl methyl sites for hydroxylation is 4. The van der Waals surface area contributed by atoms with E-state index in [1.807, 2.05) is 125 Å². The Kier molecular flexibility index (Phi) is 43.2. The van der Waals surface area contributed by atoms with Gasteiger partial charge in [0.2, 0.25) is 18.5 Å². The summed E-state index contributed by atoms with van der Waals surface area (Å²) >= 11 is 7.79. The van der Waals surface area contributed by atoms with Crippen LogP contribution < -0.4 is 53.2 Å². The molecule has 688 valence electrons. The van der Waals surface area contributed by atoms with Gasteiger partial charge in [0.25, 0.3) is 0 Å². The van der Waals surface area contributed by atoms with Gasteiger partial charge in [-0.3, -0.25) is 28.5 Å². The maximum absolute atomic E-state index is 12.9. The highest BCUT2D eigenvalue weighted by atomic mass is 32.2. The van der Waals surface area contributed by atoms with Crippen LogP contribution in [0.4, 0.5) is 14.4 Å². The number of ether oxygens (including phenoxy) is 3. The molecule has 124 heavy (non-hydrogen) atoms. The fourth-order valence-electron chi connectivity index (χ4n) is 17.7. The van der Waals surface area contributed by atoms with Gasteiger partial charge in [0, 0.05) is 177 Å². The van der Waals surface area contributed by atoms with Crippen molar-refractivity contribution in [2.24, 2.45) is 0 Å². The lowest BCUT2D eigenvalue weighted by molar-refractivity contribution is -0.907. The lowest BCUT2D eigenvalue weighted by atomic mass is 9.92. The van der Waals surface area contributed by atoms with Crippen molar-refractivity contribution >= 4 is 94.9 Å². The van der Waals surface area contributed by atoms with Gasteiger partial charge >= 0.3 is 36.0 Å². The molecule has 13 rings (SSSR count). The van der Waals surface area contributed by atoms with E-state index >= 15 is 0 Å². The average molecular weight is 1790 g/mol. The summed E-state index contributed by atoms with van der Waals surface area (Å²) in [4.78, 5) is 95.3. The standard InChI is InChI=1S/C29H44N6O3S.C26H43N3O3S.C21H35N4O2S.C17H25N3O3S/c1-29-22-39-24(26(29)32-28(38)33-29)13-2-3-14-25(36)30-15-5-6-16-31-27(37)23(35-20-10-11-21-35)12-4-7-17-34-18-8-9-19-34;30-24(16-10-9-15-23-25-22(21-33-23)27-26(31)28-25)32-20-14-8-6-4-2-1-3-5-7-11-17-29-18-12-13-19-29;1-17-22-18-15-28-19(21(18)23-17)9-4-5-10-20(26)27-16-25(2,3)14-8-13-24-11-6-7-12-24;21-15(23-11-5-10-20-8-3-4-9-20)7-2-1-6-14-16-13(12-24-14)18-17(22)19-16/h8-11,18-21,23-24,26H,2-7,12-17,22H2,1H3,(H,30,36)(H,31,37)(H2,32,33,38);12-13,18-19,22-23,25H,1-11,14-17,20-21H2,(H2,27,28,31);6-7,11-12,18-19,21-23H,1,4-5,8-10,13-16H2,2-3H3;3-4,8-9,13-14,16H,1-2,5-7,10-12H2,(H2,18,19,22)/q;;+1;/t23-,24-,26+,29-;;18-,19-,21-;/m0.0./s1. The molecular weight excluding hydrogens is 1650 g/mol. The molecule has 10 N–H and O–H groups in total. The summed E-state index contributed by atoms with van der Waals surface area (Å²) in [5.41, 5.74) is -0.143. The van der Waals surface area contributed by atoms with Crippen molar-refractivity contribution in [3.05, 3.63) is 135 Å². The van der Waals surface area contributed by atoms with Crippen molar-refractivity contribution in [1.82, 2.24) is 76.0 Å². The highest BCUT2D eigenvalue weighted by molar-refractivity contribution is 8.01. The number of hydrogen-bond donors (Lipinski definition) is 10. The number of urea groups is 3. The Morgan fingerprint density at radius 2 is 0.847 bits per heavy atom. The molecule has 8 amide bonds. The van der Waals surface area contributed by atoms with Gasteiger partial charge in [-0.15, -0.1) is 0 Å². The van der Waals surface area contributed by atoms with Crippen LogP contribution in [0, 0.1) is 0 Å². The molecule has 0 bridgehead atoms. The third-order valence-electron chi connectivity index (χ3n) is 24.7. The summed E-state index contributed by atoms with van der Waals surface area (Å²) in [6.07, 6.45) is 53.5. The minimum absolute atomic E-state index is 0.0334. The van der Waals surface area contributed by atoms with Gasteiger partial charge in [0.15, 0.2) is 0 Å². The van der Waals surface area contributed by atoms with Crippen LogP contribution in [0.15, 0.2) is 135 Å². The quantitative estimate of drug-likeness (QED) is 0.00432. The number of amides is 8.